The van der Waals surface area contributed by atoms with Gasteiger partial charge in [0.2, 0.25) is 6.04 Å². The molecule has 1 unspecified atom stereocenters. The molecule has 1 N–H and O–H groups in total. The van der Waals surface area contributed by atoms with Gasteiger partial charge in [0.15, 0.2) is 34.5 Å². The number of hydrogen-bond donors (Lipinski definition) is 1. The molecule has 0 radical (unpaired) electrons. The SMILES string of the molecule is CCOc1cc(Cl)c(NC(=O)C(N=Nc2c(OCC)cccc2OCC)C(C)=O)cc1OCC. The molecule has 34 heavy (non-hydrogen) atoms. The fraction of sp³-hybridized carbons (Fsp3) is 0.417. The third-order valence-electron chi connectivity index (χ3n) is 4.36. The molecule has 0 aliphatic carbocycles. The van der Waals surface area contributed by atoms with E-state index in [1.165, 1.54) is 6.92 Å². The van der Waals surface area contributed by atoms with Crippen molar-refractivity contribution < 1.29 is 28.5 Å². The van der Waals surface area contributed by atoms with E-state index in [0.717, 1.165) is 0 Å². The number of hydrogen-bond acceptors (Lipinski definition) is 8. The molecule has 2 aromatic rings. The highest BCUT2D eigenvalue weighted by atomic mass is 35.5. The number of Topliss-reactive ketones (excluding diaryl/α,β-unsaturated/α-hetero) is 1. The largest absolute Gasteiger partial charge is 0.491 e. The van der Waals surface area contributed by atoms with Crippen LogP contribution in [0.5, 0.6) is 23.0 Å². The molecule has 0 fully saturated rings. The van der Waals surface area contributed by atoms with E-state index in [9.17, 15) is 9.59 Å². The van der Waals surface area contributed by atoms with Gasteiger partial charge in [-0.25, -0.2) is 0 Å². The third kappa shape index (κ3) is 7.08. The van der Waals surface area contributed by atoms with Gasteiger partial charge in [0.25, 0.3) is 5.91 Å². The molecule has 2 aromatic carbocycles. The number of nitrogens with one attached hydrogen (secondary N) is 1. The van der Waals surface area contributed by atoms with Crippen molar-refractivity contribution in [1.29, 1.82) is 0 Å². The zero-order valence-corrected chi connectivity index (χ0v) is 20.8. The average molecular weight is 492 g/mol. The van der Waals surface area contributed by atoms with Crippen LogP contribution in [0.4, 0.5) is 11.4 Å². The van der Waals surface area contributed by atoms with Crippen LogP contribution in [0.1, 0.15) is 34.6 Å². The van der Waals surface area contributed by atoms with Crippen LogP contribution in [-0.2, 0) is 9.59 Å². The predicted octanol–water partition coefficient (Wildman–Crippen LogP) is 5.61. The Morgan fingerprint density at radius 3 is 1.88 bits per heavy atom. The van der Waals surface area contributed by atoms with E-state index < -0.39 is 17.7 Å². The fourth-order valence-corrected chi connectivity index (χ4v) is 3.15. The maximum Gasteiger partial charge on any atom is 0.258 e. The van der Waals surface area contributed by atoms with Crippen LogP contribution in [0.15, 0.2) is 40.6 Å². The second-order valence-electron chi connectivity index (χ2n) is 6.83. The normalized spacial score (nSPS) is 11.7. The Balaban J connectivity index is 2.35. The number of nitrogens with zero attached hydrogens (tertiary/aromatic N) is 2. The van der Waals surface area contributed by atoms with Crippen LogP contribution in [0.2, 0.25) is 5.02 Å². The molecule has 0 aromatic heterocycles. The predicted molar refractivity (Wildman–Crippen MR) is 130 cm³/mol. The summed E-state index contributed by atoms with van der Waals surface area (Å²) in [5, 5.41) is 11.0. The maximum atomic E-state index is 12.9. The van der Waals surface area contributed by atoms with Gasteiger partial charge >= 0.3 is 0 Å². The lowest BCUT2D eigenvalue weighted by Crippen LogP contribution is -2.32. The Morgan fingerprint density at radius 2 is 1.38 bits per heavy atom. The summed E-state index contributed by atoms with van der Waals surface area (Å²) in [5.41, 5.74) is 0.549. The van der Waals surface area contributed by atoms with Crippen LogP contribution >= 0.6 is 11.6 Å². The number of carbonyl (C=O) groups is 2. The average Bonchev–Trinajstić information content (AvgIpc) is 2.79. The second kappa shape index (κ2) is 13.4. The van der Waals surface area contributed by atoms with E-state index >= 15 is 0 Å². The van der Waals surface area contributed by atoms with Crippen LogP contribution in [0.25, 0.3) is 0 Å². The standard InChI is InChI=1S/C24H30ClN3O6/c1-6-31-18-11-10-12-19(32-7-2)23(18)28-27-22(15(5)29)24(30)26-17-14-21(34-9-4)20(33-8-3)13-16(17)25/h10-14,22H,6-9H2,1-5H3,(H,26,30). The van der Waals surface area contributed by atoms with Gasteiger partial charge in [-0.3, -0.25) is 9.59 Å². The minimum Gasteiger partial charge on any atom is -0.491 e. The maximum absolute atomic E-state index is 12.9. The van der Waals surface area contributed by atoms with E-state index in [1.807, 2.05) is 27.7 Å². The van der Waals surface area contributed by atoms with Crippen molar-refractivity contribution in [3.63, 3.8) is 0 Å². The van der Waals surface area contributed by atoms with Gasteiger partial charge in [0.1, 0.15) is 0 Å². The Morgan fingerprint density at radius 1 is 0.882 bits per heavy atom. The molecule has 1 amide bonds. The lowest BCUT2D eigenvalue weighted by molar-refractivity contribution is -0.126. The highest BCUT2D eigenvalue weighted by molar-refractivity contribution is 6.34. The highest BCUT2D eigenvalue weighted by Crippen LogP contribution is 2.39. The molecule has 0 aliphatic rings. The topological polar surface area (TPSA) is 108 Å². The summed E-state index contributed by atoms with van der Waals surface area (Å²) >= 11 is 6.33. The van der Waals surface area contributed by atoms with Crippen molar-refractivity contribution in [3.05, 3.63) is 35.4 Å². The van der Waals surface area contributed by atoms with Crippen LogP contribution in [0, 0.1) is 0 Å². The van der Waals surface area contributed by atoms with Gasteiger partial charge in [0.05, 0.1) is 37.1 Å². The lowest BCUT2D eigenvalue weighted by Gasteiger charge is -2.16. The number of ketones is 1. The van der Waals surface area contributed by atoms with Crippen LogP contribution < -0.4 is 24.3 Å². The zero-order valence-electron chi connectivity index (χ0n) is 20.0. The fourth-order valence-electron chi connectivity index (χ4n) is 2.95. The molecule has 2 rings (SSSR count). The van der Waals surface area contributed by atoms with Crippen molar-refractivity contribution in [2.24, 2.45) is 10.2 Å². The zero-order chi connectivity index (χ0) is 25.1. The molecule has 1 atom stereocenters. The Bertz CT molecular complexity index is 1000. The summed E-state index contributed by atoms with van der Waals surface area (Å²) in [5.74, 6) is 0.520. The second-order valence-corrected chi connectivity index (χ2v) is 7.24. The molecule has 0 bridgehead atoms. The van der Waals surface area contributed by atoms with Gasteiger partial charge in [-0.2, -0.15) is 5.11 Å². The molecule has 0 spiro atoms. The van der Waals surface area contributed by atoms with E-state index in [2.05, 4.69) is 15.5 Å². The van der Waals surface area contributed by atoms with Crippen molar-refractivity contribution in [1.82, 2.24) is 0 Å². The summed E-state index contributed by atoms with van der Waals surface area (Å²) in [7, 11) is 0. The number of halogens is 1. The van der Waals surface area contributed by atoms with E-state index in [-0.39, 0.29) is 10.7 Å². The van der Waals surface area contributed by atoms with Gasteiger partial charge in [-0.1, -0.05) is 17.7 Å². The van der Waals surface area contributed by atoms with Crippen molar-refractivity contribution in [3.8, 4) is 23.0 Å². The molecule has 0 saturated carbocycles. The van der Waals surface area contributed by atoms with Gasteiger partial charge in [-0.15, -0.1) is 5.11 Å². The van der Waals surface area contributed by atoms with Gasteiger partial charge < -0.3 is 24.3 Å². The summed E-state index contributed by atoms with van der Waals surface area (Å²) in [6.07, 6.45) is 0. The summed E-state index contributed by atoms with van der Waals surface area (Å²) in [4.78, 5) is 25.2. The number of azo groups is 1. The number of benzene rings is 2. The lowest BCUT2D eigenvalue weighted by atomic mass is 10.2. The van der Waals surface area contributed by atoms with E-state index in [4.69, 9.17) is 30.5 Å². The van der Waals surface area contributed by atoms with Crippen LogP contribution in [-0.4, -0.2) is 44.2 Å². The smallest absolute Gasteiger partial charge is 0.258 e. The first-order valence-electron chi connectivity index (χ1n) is 11.1. The molecule has 0 heterocycles. The highest BCUT2D eigenvalue weighted by Gasteiger charge is 2.25. The number of ether oxygens (including phenoxy) is 4. The summed E-state index contributed by atoms with van der Waals surface area (Å²) in [6.45, 7) is 10.2. The Hall–Kier alpha value is -3.33. The first-order chi connectivity index (χ1) is 16.4. The van der Waals surface area contributed by atoms with E-state index in [1.54, 1.807) is 30.3 Å². The van der Waals surface area contributed by atoms with Gasteiger partial charge in [-0.05, 0) is 46.8 Å². The molecule has 10 heteroatoms. The molecule has 0 aliphatic heterocycles. The molecular formula is C24H30ClN3O6. The minimum absolute atomic E-state index is 0.222. The Labute approximate surface area is 204 Å². The molecule has 0 saturated heterocycles. The molecular weight excluding hydrogens is 462 g/mol. The summed E-state index contributed by atoms with van der Waals surface area (Å²) < 4.78 is 22.3. The molecule has 184 valence electrons. The monoisotopic (exact) mass is 491 g/mol. The molecule has 9 nitrogen and oxygen atoms in total. The number of anilines is 1. The van der Waals surface area contributed by atoms with Crippen LogP contribution in [0.3, 0.4) is 0 Å². The van der Waals surface area contributed by atoms with Crippen molar-refractivity contribution in [2.45, 2.75) is 40.7 Å². The quantitative estimate of drug-likeness (QED) is 0.288. The van der Waals surface area contributed by atoms with Gasteiger partial charge in [0, 0.05) is 12.1 Å². The number of amides is 1. The van der Waals surface area contributed by atoms with Crippen molar-refractivity contribution in [2.75, 3.05) is 31.7 Å². The number of carbonyl (C=O) groups excluding carboxylic acids is 2. The Kier molecular flexibility index (Phi) is 10.6. The summed E-state index contributed by atoms with van der Waals surface area (Å²) in [6, 6.07) is 6.84. The number of rotatable bonds is 13. The first kappa shape index (κ1) is 26.9. The van der Waals surface area contributed by atoms with Crippen molar-refractivity contribution >= 4 is 34.7 Å². The van der Waals surface area contributed by atoms with E-state index in [0.29, 0.717) is 55.1 Å². The first-order valence-corrected chi connectivity index (χ1v) is 11.4. The minimum atomic E-state index is -1.41. The third-order valence-corrected chi connectivity index (χ3v) is 4.67.